The Labute approximate surface area is 147 Å². The van der Waals surface area contributed by atoms with Gasteiger partial charge in [-0.3, -0.25) is 14.7 Å². The Morgan fingerprint density at radius 2 is 2.24 bits per heavy atom. The first-order valence-corrected chi connectivity index (χ1v) is 8.98. The lowest BCUT2D eigenvalue weighted by atomic mass is 9.94. The summed E-state index contributed by atoms with van der Waals surface area (Å²) in [4.78, 5) is 26.5. The standard InChI is InChI=1S/C18H25N5O2/c1-3-4-10-23-17(24)8-7-15(21-23)18(25)22-9-5-6-14(12-22)16-11-13(2)19-20-16/h7-8,11,14H,3-6,9-10,12H2,1-2H3,(H,19,20). The van der Waals surface area contributed by atoms with Gasteiger partial charge in [-0.1, -0.05) is 13.3 Å². The van der Waals surface area contributed by atoms with Gasteiger partial charge >= 0.3 is 0 Å². The summed E-state index contributed by atoms with van der Waals surface area (Å²) in [5.74, 6) is 0.135. The van der Waals surface area contributed by atoms with Crippen LogP contribution in [0.2, 0.25) is 0 Å². The molecule has 134 valence electrons. The van der Waals surface area contributed by atoms with Gasteiger partial charge in [-0.25, -0.2) is 4.68 Å². The van der Waals surface area contributed by atoms with Crippen molar-refractivity contribution in [2.45, 2.75) is 52.0 Å². The minimum absolute atomic E-state index is 0.109. The van der Waals surface area contributed by atoms with E-state index in [9.17, 15) is 9.59 Å². The van der Waals surface area contributed by atoms with Crippen molar-refractivity contribution in [3.63, 3.8) is 0 Å². The van der Waals surface area contributed by atoms with E-state index in [0.29, 0.717) is 25.3 Å². The van der Waals surface area contributed by atoms with Crippen LogP contribution < -0.4 is 5.56 Å². The number of piperidine rings is 1. The molecule has 1 aliphatic heterocycles. The molecule has 7 nitrogen and oxygen atoms in total. The van der Waals surface area contributed by atoms with Crippen molar-refractivity contribution in [2.24, 2.45) is 0 Å². The van der Waals surface area contributed by atoms with Gasteiger partial charge in [0.15, 0.2) is 0 Å². The number of aromatic amines is 1. The second-order valence-electron chi connectivity index (χ2n) is 6.70. The van der Waals surface area contributed by atoms with E-state index in [1.807, 2.05) is 17.9 Å². The molecule has 0 bridgehead atoms. The number of carbonyl (C=O) groups is 1. The first-order chi connectivity index (χ1) is 12.1. The van der Waals surface area contributed by atoms with Gasteiger partial charge in [-0.2, -0.15) is 10.2 Å². The molecule has 25 heavy (non-hydrogen) atoms. The highest BCUT2D eigenvalue weighted by Gasteiger charge is 2.27. The van der Waals surface area contributed by atoms with Crippen LogP contribution in [0.25, 0.3) is 0 Å². The maximum Gasteiger partial charge on any atom is 0.274 e. The number of likely N-dealkylation sites (tertiary alicyclic amines) is 1. The van der Waals surface area contributed by atoms with Crippen LogP contribution in [-0.4, -0.2) is 43.9 Å². The van der Waals surface area contributed by atoms with Crippen LogP contribution >= 0.6 is 0 Å². The number of hydrogen-bond acceptors (Lipinski definition) is 4. The molecule has 1 aliphatic rings. The Balaban J connectivity index is 1.75. The van der Waals surface area contributed by atoms with E-state index in [-0.39, 0.29) is 17.4 Å². The van der Waals surface area contributed by atoms with E-state index in [1.165, 1.54) is 16.8 Å². The lowest BCUT2D eigenvalue weighted by Crippen LogP contribution is -2.40. The lowest BCUT2D eigenvalue weighted by molar-refractivity contribution is 0.0697. The number of amides is 1. The second kappa shape index (κ2) is 7.63. The van der Waals surface area contributed by atoms with E-state index >= 15 is 0 Å². The number of nitrogens with zero attached hydrogens (tertiary/aromatic N) is 4. The summed E-state index contributed by atoms with van der Waals surface area (Å²) in [5.41, 5.74) is 2.22. The van der Waals surface area contributed by atoms with E-state index in [4.69, 9.17) is 0 Å². The van der Waals surface area contributed by atoms with Gasteiger partial charge in [0.25, 0.3) is 11.5 Å². The monoisotopic (exact) mass is 343 g/mol. The van der Waals surface area contributed by atoms with E-state index in [1.54, 1.807) is 0 Å². The van der Waals surface area contributed by atoms with Crippen molar-refractivity contribution >= 4 is 5.91 Å². The molecule has 1 N–H and O–H groups in total. The predicted molar refractivity (Wildman–Crippen MR) is 94.6 cm³/mol. The molecule has 3 rings (SSSR count). The maximum atomic E-state index is 12.8. The summed E-state index contributed by atoms with van der Waals surface area (Å²) in [6.07, 6.45) is 3.81. The molecule has 1 fully saturated rings. The van der Waals surface area contributed by atoms with Gasteiger partial charge in [-0.15, -0.1) is 0 Å². The summed E-state index contributed by atoms with van der Waals surface area (Å²) in [7, 11) is 0. The maximum absolute atomic E-state index is 12.8. The number of aryl methyl sites for hydroxylation is 2. The van der Waals surface area contributed by atoms with Gasteiger partial charge in [0, 0.05) is 37.3 Å². The fourth-order valence-corrected chi connectivity index (χ4v) is 3.24. The van der Waals surface area contributed by atoms with Gasteiger partial charge in [0.1, 0.15) is 5.69 Å². The number of nitrogens with one attached hydrogen (secondary N) is 1. The fourth-order valence-electron chi connectivity index (χ4n) is 3.24. The zero-order valence-electron chi connectivity index (χ0n) is 14.9. The Bertz CT molecular complexity index is 795. The number of rotatable bonds is 5. The SMILES string of the molecule is CCCCn1nc(C(=O)N2CCCC(c3cc(C)[nH]n3)C2)ccc1=O. The summed E-state index contributed by atoms with van der Waals surface area (Å²) in [6, 6.07) is 5.02. The minimum Gasteiger partial charge on any atom is -0.337 e. The average molecular weight is 343 g/mol. The molecule has 1 atom stereocenters. The number of H-pyrrole nitrogens is 1. The molecule has 0 spiro atoms. The van der Waals surface area contributed by atoms with Gasteiger partial charge in [0.05, 0.1) is 5.69 Å². The molecule has 0 aromatic carbocycles. The molecular formula is C18H25N5O2. The van der Waals surface area contributed by atoms with E-state index in [2.05, 4.69) is 22.2 Å². The molecule has 2 aromatic rings. The van der Waals surface area contributed by atoms with Crippen molar-refractivity contribution in [2.75, 3.05) is 13.1 Å². The zero-order valence-corrected chi connectivity index (χ0v) is 14.9. The molecule has 3 heterocycles. The molecule has 7 heteroatoms. The van der Waals surface area contributed by atoms with E-state index in [0.717, 1.165) is 37.1 Å². The van der Waals surface area contributed by atoms with Crippen LogP contribution in [0.4, 0.5) is 0 Å². The van der Waals surface area contributed by atoms with Crippen LogP contribution in [0.15, 0.2) is 23.0 Å². The topological polar surface area (TPSA) is 83.9 Å². The van der Waals surface area contributed by atoms with Crippen molar-refractivity contribution in [3.8, 4) is 0 Å². The molecule has 2 aromatic heterocycles. The molecule has 1 amide bonds. The highest BCUT2D eigenvalue weighted by molar-refractivity contribution is 5.92. The minimum atomic E-state index is -0.159. The smallest absolute Gasteiger partial charge is 0.274 e. The Kier molecular flexibility index (Phi) is 5.31. The number of carbonyl (C=O) groups excluding carboxylic acids is 1. The fraction of sp³-hybridized carbons (Fsp3) is 0.556. The van der Waals surface area contributed by atoms with Crippen LogP contribution in [-0.2, 0) is 6.54 Å². The van der Waals surface area contributed by atoms with Crippen molar-refractivity contribution in [1.29, 1.82) is 0 Å². The van der Waals surface area contributed by atoms with Crippen molar-refractivity contribution in [3.05, 3.63) is 45.6 Å². The third-order valence-electron chi connectivity index (χ3n) is 4.66. The summed E-state index contributed by atoms with van der Waals surface area (Å²) < 4.78 is 1.40. The largest absolute Gasteiger partial charge is 0.337 e. The lowest BCUT2D eigenvalue weighted by Gasteiger charge is -2.31. The second-order valence-corrected chi connectivity index (χ2v) is 6.70. The highest BCUT2D eigenvalue weighted by Crippen LogP contribution is 2.26. The Hall–Kier alpha value is -2.44. The van der Waals surface area contributed by atoms with Crippen LogP contribution in [0.1, 0.15) is 60.4 Å². The molecular weight excluding hydrogens is 318 g/mol. The zero-order chi connectivity index (χ0) is 17.8. The third kappa shape index (κ3) is 3.97. The van der Waals surface area contributed by atoms with Gasteiger partial charge in [0.2, 0.25) is 0 Å². The predicted octanol–water partition coefficient (Wildman–Crippen LogP) is 2.09. The summed E-state index contributed by atoms with van der Waals surface area (Å²) in [6.45, 7) is 5.94. The van der Waals surface area contributed by atoms with Crippen LogP contribution in [0, 0.1) is 6.92 Å². The molecule has 0 saturated carbocycles. The number of aromatic nitrogens is 4. The molecule has 0 aliphatic carbocycles. The third-order valence-corrected chi connectivity index (χ3v) is 4.66. The van der Waals surface area contributed by atoms with Crippen LogP contribution in [0.3, 0.4) is 0 Å². The normalized spacial score (nSPS) is 17.7. The highest BCUT2D eigenvalue weighted by atomic mass is 16.2. The number of hydrogen-bond donors (Lipinski definition) is 1. The quantitative estimate of drug-likeness (QED) is 0.901. The number of unbranched alkanes of at least 4 members (excludes halogenated alkanes) is 1. The first-order valence-electron chi connectivity index (χ1n) is 8.98. The summed E-state index contributed by atoms with van der Waals surface area (Å²) in [5, 5.41) is 11.6. The van der Waals surface area contributed by atoms with Crippen LogP contribution in [0.5, 0.6) is 0 Å². The Morgan fingerprint density at radius 3 is 2.96 bits per heavy atom. The van der Waals surface area contributed by atoms with E-state index < -0.39 is 0 Å². The first kappa shape index (κ1) is 17.4. The average Bonchev–Trinajstić information content (AvgIpc) is 3.07. The molecule has 1 unspecified atom stereocenters. The molecule has 0 radical (unpaired) electrons. The Morgan fingerprint density at radius 1 is 1.40 bits per heavy atom. The van der Waals surface area contributed by atoms with Crippen molar-refractivity contribution < 1.29 is 4.79 Å². The molecule has 1 saturated heterocycles. The van der Waals surface area contributed by atoms with Gasteiger partial charge in [-0.05, 0) is 38.3 Å². The van der Waals surface area contributed by atoms with Gasteiger partial charge < -0.3 is 4.90 Å². The van der Waals surface area contributed by atoms with Crippen molar-refractivity contribution in [1.82, 2.24) is 24.9 Å². The summed E-state index contributed by atoms with van der Waals surface area (Å²) >= 11 is 0.